The number of nitrogens with two attached hydrogens (primary N) is 2. The third kappa shape index (κ3) is 4.08. The van der Waals surface area contributed by atoms with Crippen molar-refractivity contribution in [2.24, 2.45) is 11.7 Å². The van der Waals surface area contributed by atoms with Gasteiger partial charge < -0.3 is 4.74 Å². The SMILES string of the molecule is Cc1cc(-c2cnccn2)ccc1OCc1c(C)cccc1N(N)C(=O)NN. The number of aromatic nitrogens is 2. The number of aryl methyl sites for hydroxylation is 2. The molecule has 3 aromatic rings. The van der Waals surface area contributed by atoms with Crippen LogP contribution in [-0.2, 0) is 6.61 Å². The molecule has 0 fully saturated rings. The lowest BCUT2D eigenvalue weighted by Gasteiger charge is -2.21. The lowest BCUT2D eigenvalue weighted by Crippen LogP contribution is -2.48. The summed E-state index contributed by atoms with van der Waals surface area (Å²) in [7, 11) is 0. The van der Waals surface area contributed by atoms with Crippen LogP contribution in [0.4, 0.5) is 10.5 Å². The van der Waals surface area contributed by atoms with Crippen molar-refractivity contribution in [3.05, 3.63) is 71.7 Å². The molecule has 5 N–H and O–H groups in total. The maximum absolute atomic E-state index is 11.8. The first kappa shape index (κ1) is 19.3. The molecule has 0 radical (unpaired) electrons. The number of benzene rings is 2. The molecule has 28 heavy (non-hydrogen) atoms. The standard InChI is InChI=1S/C20H22N6O2/c1-13-4-3-5-18(26(22)20(27)25-21)16(13)12-28-19-7-6-15(10-14(19)2)17-11-23-8-9-24-17/h3-11H,12,21-22H2,1-2H3,(H,25,27). The van der Waals surface area contributed by atoms with Gasteiger partial charge >= 0.3 is 6.03 Å². The van der Waals surface area contributed by atoms with E-state index in [2.05, 4.69) is 9.97 Å². The second-order valence-corrected chi connectivity index (χ2v) is 6.25. The van der Waals surface area contributed by atoms with Gasteiger partial charge in [0.1, 0.15) is 12.4 Å². The molecule has 2 aromatic carbocycles. The lowest BCUT2D eigenvalue weighted by atomic mass is 10.1. The summed E-state index contributed by atoms with van der Waals surface area (Å²) < 4.78 is 6.02. The topological polar surface area (TPSA) is 119 Å². The number of ether oxygens (including phenoxy) is 1. The Morgan fingerprint density at radius 1 is 1.18 bits per heavy atom. The first-order valence-corrected chi connectivity index (χ1v) is 8.65. The number of hydrogen-bond donors (Lipinski definition) is 3. The molecular formula is C20H22N6O2. The second kappa shape index (κ2) is 8.47. The predicted molar refractivity (Wildman–Crippen MR) is 107 cm³/mol. The Balaban J connectivity index is 1.82. The van der Waals surface area contributed by atoms with Crippen LogP contribution < -0.4 is 26.9 Å². The van der Waals surface area contributed by atoms with Crippen LogP contribution in [0, 0.1) is 13.8 Å². The van der Waals surface area contributed by atoms with Gasteiger partial charge in [0.25, 0.3) is 0 Å². The molecule has 0 atom stereocenters. The van der Waals surface area contributed by atoms with Crippen molar-refractivity contribution in [1.82, 2.24) is 15.4 Å². The number of nitrogens with one attached hydrogen (secondary N) is 1. The molecule has 0 aliphatic heterocycles. The molecule has 0 saturated heterocycles. The minimum atomic E-state index is -0.614. The van der Waals surface area contributed by atoms with Crippen LogP contribution in [-0.4, -0.2) is 16.0 Å². The Kier molecular flexibility index (Phi) is 5.83. The smallest absolute Gasteiger partial charge is 0.350 e. The van der Waals surface area contributed by atoms with E-state index in [0.29, 0.717) is 5.69 Å². The normalized spacial score (nSPS) is 10.4. The fourth-order valence-corrected chi connectivity index (χ4v) is 2.85. The summed E-state index contributed by atoms with van der Waals surface area (Å²) in [6, 6.07) is 10.7. The van der Waals surface area contributed by atoms with Crippen LogP contribution in [0.5, 0.6) is 5.75 Å². The van der Waals surface area contributed by atoms with E-state index in [0.717, 1.165) is 38.7 Å². The van der Waals surface area contributed by atoms with Gasteiger partial charge in [0.2, 0.25) is 0 Å². The summed E-state index contributed by atoms with van der Waals surface area (Å²) in [5.74, 6) is 11.8. The molecule has 3 rings (SSSR count). The summed E-state index contributed by atoms with van der Waals surface area (Å²) in [5, 5.41) is 0.968. The summed E-state index contributed by atoms with van der Waals surface area (Å²) in [4.78, 5) is 20.2. The van der Waals surface area contributed by atoms with Crippen LogP contribution in [0.15, 0.2) is 55.0 Å². The third-order valence-corrected chi connectivity index (χ3v) is 4.39. The zero-order valence-electron chi connectivity index (χ0n) is 15.7. The molecule has 2 amide bonds. The van der Waals surface area contributed by atoms with Crippen LogP contribution in [0.3, 0.4) is 0 Å². The van der Waals surface area contributed by atoms with Gasteiger partial charge in [-0.05, 0) is 49.2 Å². The number of hydrazine groups is 2. The summed E-state index contributed by atoms with van der Waals surface area (Å²) in [5.41, 5.74) is 7.01. The number of carbonyl (C=O) groups excluding carboxylic acids is 1. The first-order chi connectivity index (χ1) is 13.5. The van der Waals surface area contributed by atoms with Gasteiger partial charge in [-0.15, -0.1) is 0 Å². The van der Waals surface area contributed by atoms with Crippen molar-refractivity contribution in [2.45, 2.75) is 20.5 Å². The fourth-order valence-electron chi connectivity index (χ4n) is 2.85. The Morgan fingerprint density at radius 2 is 2.00 bits per heavy atom. The highest BCUT2D eigenvalue weighted by Gasteiger charge is 2.16. The molecule has 0 unspecified atom stereocenters. The highest BCUT2D eigenvalue weighted by Crippen LogP contribution is 2.28. The van der Waals surface area contributed by atoms with Gasteiger partial charge in [-0.1, -0.05) is 12.1 Å². The van der Waals surface area contributed by atoms with E-state index in [1.165, 1.54) is 0 Å². The highest BCUT2D eigenvalue weighted by atomic mass is 16.5. The number of urea groups is 1. The minimum absolute atomic E-state index is 0.249. The molecule has 1 heterocycles. The van der Waals surface area contributed by atoms with Gasteiger partial charge in [0.15, 0.2) is 0 Å². The minimum Gasteiger partial charge on any atom is -0.489 e. The Labute approximate surface area is 163 Å². The van der Waals surface area contributed by atoms with E-state index in [1.54, 1.807) is 24.7 Å². The Morgan fingerprint density at radius 3 is 2.68 bits per heavy atom. The van der Waals surface area contributed by atoms with Gasteiger partial charge in [0, 0.05) is 23.5 Å². The molecule has 1 aromatic heterocycles. The molecule has 8 heteroatoms. The van der Waals surface area contributed by atoms with Crippen molar-refractivity contribution in [3.8, 4) is 17.0 Å². The average molecular weight is 378 g/mol. The maximum atomic E-state index is 11.8. The van der Waals surface area contributed by atoms with Crippen LogP contribution in [0.1, 0.15) is 16.7 Å². The second-order valence-electron chi connectivity index (χ2n) is 6.25. The van der Waals surface area contributed by atoms with E-state index in [9.17, 15) is 4.79 Å². The maximum Gasteiger partial charge on any atom is 0.350 e. The number of anilines is 1. The monoisotopic (exact) mass is 378 g/mol. The summed E-state index contributed by atoms with van der Waals surface area (Å²) in [6.07, 6.45) is 5.01. The molecule has 0 spiro atoms. The molecule has 8 nitrogen and oxygen atoms in total. The van der Waals surface area contributed by atoms with E-state index in [4.69, 9.17) is 16.4 Å². The van der Waals surface area contributed by atoms with Gasteiger partial charge in [-0.2, -0.15) is 0 Å². The van der Waals surface area contributed by atoms with Crippen LogP contribution >= 0.6 is 0 Å². The van der Waals surface area contributed by atoms with Crippen LogP contribution in [0.2, 0.25) is 0 Å². The van der Waals surface area contributed by atoms with Crippen LogP contribution in [0.25, 0.3) is 11.3 Å². The number of nitrogens with zero attached hydrogens (tertiary/aromatic N) is 3. The summed E-state index contributed by atoms with van der Waals surface area (Å²) in [6.45, 7) is 4.14. The number of rotatable bonds is 5. The number of hydrogen-bond acceptors (Lipinski definition) is 6. The lowest BCUT2D eigenvalue weighted by molar-refractivity contribution is 0.246. The van der Waals surface area contributed by atoms with Crippen molar-refractivity contribution >= 4 is 11.7 Å². The van der Waals surface area contributed by atoms with Crippen molar-refractivity contribution in [2.75, 3.05) is 5.01 Å². The Bertz CT molecular complexity index is 978. The van der Waals surface area contributed by atoms with Crippen molar-refractivity contribution in [3.63, 3.8) is 0 Å². The predicted octanol–water partition coefficient (Wildman–Crippen LogP) is 2.60. The van der Waals surface area contributed by atoms with E-state index in [1.807, 2.05) is 49.6 Å². The Hall–Kier alpha value is -3.49. The fraction of sp³-hybridized carbons (Fsp3) is 0.150. The summed E-state index contributed by atoms with van der Waals surface area (Å²) >= 11 is 0. The highest BCUT2D eigenvalue weighted by molar-refractivity contribution is 5.91. The quantitative estimate of drug-likeness (QED) is 0.357. The number of carbonyl (C=O) groups is 1. The average Bonchev–Trinajstić information content (AvgIpc) is 2.73. The molecule has 0 saturated carbocycles. The third-order valence-electron chi connectivity index (χ3n) is 4.39. The van der Waals surface area contributed by atoms with Gasteiger partial charge in [-0.3, -0.25) is 15.4 Å². The molecule has 0 bridgehead atoms. The number of amides is 2. The molecule has 0 aliphatic carbocycles. The zero-order valence-corrected chi connectivity index (χ0v) is 15.7. The molecule has 0 aliphatic rings. The van der Waals surface area contributed by atoms with Crippen molar-refractivity contribution in [1.29, 1.82) is 0 Å². The van der Waals surface area contributed by atoms with Gasteiger partial charge in [0.05, 0.1) is 17.6 Å². The van der Waals surface area contributed by atoms with E-state index in [-0.39, 0.29) is 6.61 Å². The first-order valence-electron chi connectivity index (χ1n) is 8.65. The largest absolute Gasteiger partial charge is 0.489 e. The van der Waals surface area contributed by atoms with E-state index >= 15 is 0 Å². The van der Waals surface area contributed by atoms with Gasteiger partial charge in [-0.25, -0.2) is 21.5 Å². The zero-order chi connectivity index (χ0) is 20.1. The molecule has 144 valence electrons. The van der Waals surface area contributed by atoms with E-state index < -0.39 is 6.03 Å². The molecular weight excluding hydrogens is 356 g/mol. The van der Waals surface area contributed by atoms with Crippen molar-refractivity contribution < 1.29 is 9.53 Å².